The van der Waals surface area contributed by atoms with E-state index in [0.29, 0.717) is 26.9 Å². The maximum Gasteiger partial charge on any atom is 0.142 e. The van der Waals surface area contributed by atoms with Gasteiger partial charge in [-0.15, -0.1) is 0 Å². The fourth-order valence-electron chi connectivity index (χ4n) is 1.98. The number of hydrogen-bond acceptors (Lipinski definition) is 2. The van der Waals surface area contributed by atoms with Crippen molar-refractivity contribution >= 4 is 40.5 Å². The Balaban J connectivity index is 2.40. The lowest BCUT2D eigenvalue weighted by Gasteiger charge is -2.19. The molecule has 2 aromatic rings. The summed E-state index contributed by atoms with van der Waals surface area (Å²) in [5.74, 6) is -0.545. The topological polar surface area (TPSA) is 35.8 Å². The maximum atomic E-state index is 13.6. The van der Waals surface area contributed by atoms with E-state index in [1.165, 1.54) is 12.1 Å². The lowest BCUT2D eigenvalue weighted by Crippen LogP contribution is -2.09. The van der Waals surface area contributed by atoms with Gasteiger partial charge in [0.25, 0.3) is 0 Å². The number of nitrogens with one attached hydrogen (secondary N) is 1. The van der Waals surface area contributed by atoms with Crippen LogP contribution in [0.15, 0.2) is 30.3 Å². The summed E-state index contributed by atoms with van der Waals surface area (Å²) in [6, 6.07) is 9.16. The van der Waals surface area contributed by atoms with Gasteiger partial charge in [0.05, 0.1) is 22.3 Å². The van der Waals surface area contributed by atoms with Crippen LogP contribution < -0.4 is 5.32 Å². The molecular weight excluding hydrogens is 334 g/mol. The largest absolute Gasteiger partial charge is 0.377 e. The minimum Gasteiger partial charge on any atom is -0.377 e. The van der Waals surface area contributed by atoms with Crippen LogP contribution in [-0.2, 0) is 0 Å². The Labute approximate surface area is 137 Å². The van der Waals surface area contributed by atoms with Crippen LogP contribution in [0.25, 0.3) is 0 Å². The molecule has 0 spiro atoms. The number of nitrogens with zero attached hydrogens (tertiary/aromatic N) is 1. The zero-order chi connectivity index (χ0) is 15.6. The van der Waals surface area contributed by atoms with Crippen LogP contribution in [-0.4, -0.2) is 0 Å². The van der Waals surface area contributed by atoms with E-state index >= 15 is 0 Å². The van der Waals surface area contributed by atoms with Crippen LogP contribution >= 0.6 is 34.8 Å². The Morgan fingerprint density at radius 1 is 1.19 bits per heavy atom. The number of anilines is 1. The molecular formula is C15H10Cl3FN2. The van der Waals surface area contributed by atoms with E-state index in [2.05, 4.69) is 11.4 Å². The molecule has 2 rings (SSSR count). The minimum atomic E-state index is -0.545. The molecule has 1 atom stereocenters. The van der Waals surface area contributed by atoms with Gasteiger partial charge >= 0.3 is 0 Å². The summed E-state index contributed by atoms with van der Waals surface area (Å²) in [6.45, 7) is 1.77. The Bertz CT molecular complexity index is 726. The van der Waals surface area contributed by atoms with Gasteiger partial charge in [0.15, 0.2) is 0 Å². The zero-order valence-corrected chi connectivity index (χ0v) is 13.2. The number of halogens is 4. The first-order valence-corrected chi connectivity index (χ1v) is 7.17. The summed E-state index contributed by atoms with van der Waals surface area (Å²) in [6.07, 6.45) is 0. The van der Waals surface area contributed by atoms with Gasteiger partial charge < -0.3 is 5.32 Å². The van der Waals surface area contributed by atoms with Crippen LogP contribution in [0.5, 0.6) is 0 Å². The first kappa shape index (κ1) is 15.9. The van der Waals surface area contributed by atoms with E-state index in [-0.39, 0.29) is 5.02 Å². The summed E-state index contributed by atoms with van der Waals surface area (Å²) < 4.78 is 13.6. The average Bonchev–Trinajstić information content (AvgIpc) is 2.43. The quantitative estimate of drug-likeness (QED) is 0.712. The normalized spacial score (nSPS) is 11.8. The van der Waals surface area contributed by atoms with Crippen LogP contribution in [0.4, 0.5) is 10.1 Å². The molecule has 0 aromatic heterocycles. The van der Waals surface area contributed by atoms with Crippen molar-refractivity contribution in [3.8, 4) is 6.07 Å². The number of nitriles is 1. The third-order valence-corrected chi connectivity index (χ3v) is 3.94. The Hall–Kier alpha value is -1.47. The van der Waals surface area contributed by atoms with Crippen molar-refractivity contribution in [3.05, 3.63) is 62.3 Å². The molecule has 0 saturated carbocycles. The second-order valence-corrected chi connectivity index (χ2v) is 5.65. The van der Waals surface area contributed by atoms with Crippen LogP contribution in [0.1, 0.15) is 24.1 Å². The monoisotopic (exact) mass is 342 g/mol. The number of hydrogen-bond donors (Lipinski definition) is 1. The van der Waals surface area contributed by atoms with Gasteiger partial charge in [-0.25, -0.2) is 4.39 Å². The van der Waals surface area contributed by atoms with Crippen molar-refractivity contribution in [2.24, 2.45) is 0 Å². The lowest BCUT2D eigenvalue weighted by molar-refractivity contribution is 0.624. The molecule has 21 heavy (non-hydrogen) atoms. The van der Waals surface area contributed by atoms with Crippen molar-refractivity contribution < 1.29 is 4.39 Å². The predicted octanol–water partition coefficient (Wildman–Crippen LogP) is 5.83. The molecule has 0 aliphatic rings. The van der Waals surface area contributed by atoms with Gasteiger partial charge in [-0.05, 0) is 37.3 Å². The fourth-order valence-corrected chi connectivity index (χ4v) is 2.85. The van der Waals surface area contributed by atoms with Crippen LogP contribution in [0.2, 0.25) is 15.1 Å². The maximum absolute atomic E-state index is 13.6. The molecule has 2 aromatic carbocycles. The Morgan fingerprint density at radius 2 is 1.90 bits per heavy atom. The van der Waals surface area contributed by atoms with Gasteiger partial charge in [0.2, 0.25) is 0 Å². The highest BCUT2D eigenvalue weighted by Crippen LogP contribution is 2.35. The zero-order valence-electron chi connectivity index (χ0n) is 10.9. The van der Waals surface area contributed by atoms with E-state index in [0.717, 1.165) is 0 Å². The molecule has 2 nitrogen and oxygen atoms in total. The van der Waals surface area contributed by atoms with E-state index in [1.807, 2.05) is 0 Å². The molecule has 0 aliphatic carbocycles. The fraction of sp³-hybridized carbons (Fsp3) is 0.133. The third-order valence-electron chi connectivity index (χ3n) is 2.99. The SMILES string of the molecule is CC(Nc1cc(Cl)ccc1C#N)c1c(Cl)ccc(F)c1Cl. The molecule has 1 unspecified atom stereocenters. The first-order valence-electron chi connectivity index (χ1n) is 6.03. The second kappa shape index (κ2) is 6.53. The van der Waals surface area contributed by atoms with E-state index in [1.54, 1.807) is 25.1 Å². The third kappa shape index (κ3) is 3.41. The highest BCUT2D eigenvalue weighted by Gasteiger charge is 2.18. The van der Waals surface area contributed by atoms with Gasteiger partial charge in [0, 0.05) is 15.6 Å². The standard InChI is InChI=1S/C15H10Cl3FN2/c1-8(14-11(17)4-5-12(19)15(14)18)21-13-6-10(16)3-2-9(13)7-20/h2-6,8,21H,1H3. The average molecular weight is 344 g/mol. The highest BCUT2D eigenvalue weighted by atomic mass is 35.5. The summed E-state index contributed by atoms with van der Waals surface area (Å²) >= 11 is 18.0. The van der Waals surface area contributed by atoms with Gasteiger partial charge in [-0.1, -0.05) is 34.8 Å². The van der Waals surface area contributed by atoms with Gasteiger partial charge in [-0.3, -0.25) is 0 Å². The van der Waals surface area contributed by atoms with Crippen molar-refractivity contribution in [1.29, 1.82) is 5.26 Å². The van der Waals surface area contributed by atoms with Crippen molar-refractivity contribution in [3.63, 3.8) is 0 Å². The van der Waals surface area contributed by atoms with E-state index < -0.39 is 11.9 Å². The minimum absolute atomic E-state index is 0.0389. The Kier molecular flexibility index (Phi) is 4.95. The van der Waals surface area contributed by atoms with Gasteiger partial charge in [0.1, 0.15) is 11.9 Å². The van der Waals surface area contributed by atoms with E-state index in [9.17, 15) is 4.39 Å². The molecule has 0 bridgehead atoms. The Morgan fingerprint density at radius 3 is 2.57 bits per heavy atom. The smallest absolute Gasteiger partial charge is 0.142 e. The van der Waals surface area contributed by atoms with Crippen molar-refractivity contribution in [2.45, 2.75) is 13.0 Å². The number of benzene rings is 2. The molecule has 0 radical (unpaired) electrons. The van der Waals surface area contributed by atoms with Crippen molar-refractivity contribution in [2.75, 3.05) is 5.32 Å². The molecule has 6 heteroatoms. The summed E-state index contributed by atoms with van der Waals surface area (Å²) in [7, 11) is 0. The molecule has 0 heterocycles. The molecule has 0 amide bonds. The molecule has 0 aliphatic heterocycles. The lowest BCUT2D eigenvalue weighted by atomic mass is 10.1. The second-order valence-electron chi connectivity index (χ2n) is 4.42. The molecule has 1 N–H and O–H groups in total. The summed E-state index contributed by atoms with van der Waals surface area (Å²) in [5.41, 5.74) is 1.39. The van der Waals surface area contributed by atoms with Crippen molar-refractivity contribution in [1.82, 2.24) is 0 Å². The van der Waals surface area contributed by atoms with E-state index in [4.69, 9.17) is 40.1 Å². The highest BCUT2D eigenvalue weighted by molar-refractivity contribution is 6.36. The summed E-state index contributed by atoms with van der Waals surface area (Å²) in [5, 5.41) is 13.0. The predicted molar refractivity (Wildman–Crippen MR) is 84.6 cm³/mol. The number of rotatable bonds is 3. The van der Waals surface area contributed by atoms with Crippen LogP contribution in [0, 0.1) is 17.1 Å². The molecule has 0 fully saturated rings. The van der Waals surface area contributed by atoms with Gasteiger partial charge in [-0.2, -0.15) is 5.26 Å². The first-order chi connectivity index (χ1) is 9.93. The van der Waals surface area contributed by atoms with Crippen LogP contribution in [0.3, 0.4) is 0 Å². The summed E-state index contributed by atoms with van der Waals surface area (Å²) in [4.78, 5) is 0. The molecule has 0 saturated heterocycles. The molecule has 108 valence electrons.